The third kappa shape index (κ3) is 4.55. The minimum absolute atomic E-state index is 0.0576. The largest absolute Gasteiger partial charge is 0.384 e. The van der Waals surface area contributed by atoms with E-state index in [-0.39, 0.29) is 11.4 Å². The predicted octanol–water partition coefficient (Wildman–Crippen LogP) is 3.20. The van der Waals surface area contributed by atoms with E-state index in [1.807, 2.05) is 37.3 Å². The predicted molar refractivity (Wildman–Crippen MR) is 131 cm³/mol. The van der Waals surface area contributed by atoms with Gasteiger partial charge in [0.2, 0.25) is 5.43 Å². The second-order valence-electron chi connectivity index (χ2n) is 7.76. The fourth-order valence-corrected chi connectivity index (χ4v) is 3.82. The van der Waals surface area contributed by atoms with Crippen LogP contribution in [0, 0.1) is 0 Å². The Labute approximate surface area is 191 Å². The molecule has 1 aromatic carbocycles. The van der Waals surface area contributed by atoms with Crippen LogP contribution in [0.2, 0.25) is 0 Å². The van der Waals surface area contributed by atoms with Crippen molar-refractivity contribution in [3.63, 3.8) is 0 Å². The van der Waals surface area contributed by atoms with Gasteiger partial charge in [0.25, 0.3) is 5.91 Å². The number of fused-ring (bicyclic) bond motifs is 1. The number of carbonyl (C=O) groups excluding carboxylic acids is 1. The maximum absolute atomic E-state index is 12.8. The summed E-state index contributed by atoms with van der Waals surface area (Å²) < 4.78 is 1.69. The van der Waals surface area contributed by atoms with Crippen LogP contribution in [-0.2, 0) is 13.0 Å². The summed E-state index contributed by atoms with van der Waals surface area (Å²) in [5, 5.41) is 3.63. The average Bonchev–Trinajstić information content (AvgIpc) is 2.82. The van der Waals surface area contributed by atoms with Crippen LogP contribution in [0.1, 0.15) is 29.3 Å². The molecule has 168 valence electrons. The summed E-state index contributed by atoms with van der Waals surface area (Å²) in [4.78, 5) is 33.6. The standard InChI is InChI=1S/C25H26N6O2/c1-2-15-31-23(26)21(24(27)33)22(32)18-10-11-19(30-25(18)31)17-8-6-16(7-9-17)12-14-29-20-5-3-4-13-28-20/h3-11,13H,2,12,14-15,26H2,1H3,(H2,27,33)(H,28,29). The Morgan fingerprint density at radius 1 is 1.09 bits per heavy atom. The highest BCUT2D eigenvalue weighted by atomic mass is 16.2. The zero-order chi connectivity index (χ0) is 23.4. The summed E-state index contributed by atoms with van der Waals surface area (Å²) in [5.41, 5.74) is 14.2. The van der Waals surface area contributed by atoms with E-state index >= 15 is 0 Å². The molecule has 8 heteroatoms. The van der Waals surface area contributed by atoms with Crippen LogP contribution in [0.5, 0.6) is 0 Å². The Morgan fingerprint density at radius 3 is 2.55 bits per heavy atom. The Hall–Kier alpha value is -4.20. The van der Waals surface area contributed by atoms with E-state index in [2.05, 4.69) is 22.4 Å². The van der Waals surface area contributed by atoms with Crippen molar-refractivity contribution in [2.75, 3.05) is 17.6 Å². The number of aryl methyl sites for hydroxylation is 1. The summed E-state index contributed by atoms with van der Waals surface area (Å²) in [6, 6.07) is 17.4. The number of aromatic nitrogens is 3. The first kappa shape index (κ1) is 22.0. The number of hydrogen-bond donors (Lipinski definition) is 3. The lowest BCUT2D eigenvalue weighted by molar-refractivity contribution is 0.0999. The molecular formula is C25H26N6O2. The van der Waals surface area contributed by atoms with Gasteiger partial charge < -0.3 is 21.4 Å². The fraction of sp³-hybridized carbons (Fsp3) is 0.200. The van der Waals surface area contributed by atoms with E-state index in [0.717, 1.165) is 36.5 Å². The van der Waals surface area contributed by atoms with Crippen molar-refractivity contribution in [3.05, 3.63) is 82.1 Å². The Kier molecular flexibility index (Phi) is 6.35. The number of benzene rings is 1. The molecule has 8 nitrogen and oxygen atoms in total. The summed E-state index contributed by atoms with van der Waals surface area (Å²) in [7, 11) is 0. The van der Waals surface area contributed by atoms with E-state index in [0.29, 0.717) is 17.6 Å². The smallest absolute Gasteiger partial charge is 0.256 e. The van der Waals surface area contributed by atoms with Gasteiger partial charge in [-0.1, -0.05) is 37.3 Å². The van der Waals surface area contributed by atoms with E-state index in [4.69, 9.17) is 16.5 Å². The second kappa shape index (κ2) is 9.52. The highest BCUT2D eigenvalue weighted by molar-refractivity contribution is 6.00. The summed E-state index contributed by atoms with van der Waals surface area (Å²) in [6.45, 7) is 3.27. The maximum atomic E-state index is 12.8. The molecule has 0 unspecified atom stereocenters. The molecule has 1 amide bonds. The van der Waals surface area contributed by atoms with E-state index < -0.39 is 11.3 Å². The number of pyridine rings is 3. The van der Waals surface area contributed by atoms with Gasteiger partial charge in [-0.25, -0.2) is 9.97 Å². The van der Waals surface area contributed by atoms with Gasteiger partial charge in [0.15, 0.2) is 0 Å². The molecule has 3 heterocycles. The van der Waals surface area contributed by atoms with Crippen LogP contribution in [0.25, 0.3) is 22.3 Å². The number of nitrogens with two attached hydrogens (primary N) is 2. The van der Waals surface area contributed by atoms with Crippen molar-refractivity contribution < 1.29 is 4.79 Å². The SMILES string of the molecule is CCCn1c(N)c(C(N)=O)c(=O)c2ccc(-c3ccc(CCNc4ccccn4)cc3)nc21. The lowest BCUT2D eigenvalue weighted by Crippen LogP contribution is -2.28. The molecule has 0 saturated carbocycles. The number of hydrogen-bond acceptors (Lipinski definition) is 6. The van der Waals surface area contributed by atoms with Gasteiger partial charge in [-0.2, -0.15) is 0 Å². The third-order valence-electron chi connectivity index (χ3n) is 5.48. The van der Waals surface area contributed by atoms with Crippen LogP contribution in [0.3, 0.4) is 0 Å². The molecule has 0 aliphatic heterocycles. The Morgan fingerprint density at radius 2 is 1.88 bits per heavy atom. The van der Waals surface area contributed by atoms with Gasteiger partial charge >= 0.3 is 0 Å². The average molecular weight is 443 g/mol. The van der Waals surface area contributed by atoms with Gasteiger partial charge in [0.1, 0.15) is 22.8 Å². The number of amides is 1. The zero-order valence-corrected chi connectivity index (χ0v) is 18.4. The van der Waals surface area contributed by atoms with Gasteiger partial charge in [-0.15, -0.1) is 0 Å². The molecule has 33 heavy (non-hydrogen) atoms. The summed E-state index contributed by atoms with van der Waals surface area (Å²) in [6.07, 6.45) is 3.37. The van der Waals surface area contributed by atoms with E-state index in [1.165, 1.54) is 5.56 Å². The quantitative estimate of drug-likeness (QED) is 0.384. The van der Waals surface area contributed by atoms with Crippen LogP contribution in [0.15, 0.2) is 65.6 Å². The lowest BCUT2D eigenvalue weighted by atomic mass is 10.1. The minimum atomic E-state index is -0.832. The van der Waals surface area contributed by atoms with Crippen molar-refractivity contribution in [2.45, 2.75) is 26.3 Å². The van der Waals surface area contributed by atoms with Crippen molar-refractivity contribution in [2.24, 2.45) is 5.73 Å². The lowest BCUT2D eigenvalue weighted by Gasteiger charge is -2.16. The highest BCUT2D eigenvalue weighted by Gasteiger charge is 2.20. The van der Waals surface area contributed by atoms with Gasteiger partial charge in [-0.05, 0) is 42.7 Å². The Balaban J connectivity index is 1.61. The normalized spacial score (nSPS) is 10.9. The summed E-state index contributed by atoms with van der Waals surface area (Å²) >= 11 is 0. The number of primary amides is 1. The van der Waals surface area contributed by atoms with Gasteiger partial charge in [0, 0.05) is 24.8 Å². The second-order valence-corrected chi connectivity index (χ2v) is 7.76. The van der Waals surface area contributed by atoms with Gasteiger partial charge in [0.05, 0.1) is 11.1 Å². The number of carbonyl (C=O) groups is 1. The fourth-order valence-electron chi connectivity index (χ4n) is 3.82. The Bertz CT molecular complexity index is 1350. The van der Waals surface area contributed by atoms with Crippen LogP contribution in [0.4, 0.5) is 11.6 Å². The number of nitrogen functional groups attached to an aromatic ring is 1. The molecular weight excluding hydrogens is 416 g/mol. The molecule has 0 fully saturated rings. The molecule has 0 spiro atoms. The summed E-state index contributed by atoms with van der Waals surface area (Å²) in [5.74, 6) is 0.0788. The third-order valence-corrected chi connectivity index (χ3v) is 5.48. The van der Waals surface area contributed by atoms with Crippen molar-refractivity contribution in [1.82, 2.24) is 14.5 Å². The monoisotopic (exact) mass is 442 g/mol. The van der Waals surface area contributed by atoms with Crippen LogP contribution in [-0.4, -0.2) is 27.0 Å². The van der Waals surface area contributed by atoms with Gasteiger partial charge in [-0.3, -0.25) is 9.59 Å². The maximum Gasteiger partial charge on any atom is 0.256 e. The molecule has 0 saturated heterocycles. The molecule has 0 radical (unpaired) electrons. The van der Waals surface area contributed by atoms with Crippen molar-refractivity contribution in [3.8, 4) is 11.3 Å². The molecule has 5 N–H and O–H groups in total. The molecule has 3 aromatic heterocycles. The van der Waals surface area contributed by atoms with E-state index in [1.54, 1.807) is 22.9 Å². The highest BCUT2D eigenvalue weighted by Crippen LogP contribution is 2.23. The molecule has 0 aliphatic rings. The number of nitrogens with zero attached hydrogens (tertiary/aromatic N) is 3. The molecule has 4 rings (SSSR count). The number of rotatable bonds is 8. The minimum Gasteiger partial charge on any atom is -0.384 e. The zero-order valence-electron chi connectivity index (χ0n) is 18.4. The first-order valence-electron chi connectivity index (χ1n) is 10.9. The van der Waals surface area contributed by atoms with E-state index in [9.17, 15) is 9.59 Å². The molecule has 0 atom stereocenters. The first-order chi connectivity index (χ1) is 16.0. The van der Waals surface area contributed by atoms with Crippen LogP contribution >= 0.6 is 0 Å². The first-order valence-corrected chi connectivity index (χ1v) is 10.9. The topological polar surface area (TPSA) is 129 Å². The molecule has 0 bridgehead atoms. The number of nitrogens with one attached hydrogen (secondary N) is 1. The number of anilines is 2. The van der Waals surface area contributed by atoms with Crippen molar-refractivity contribution in [1.29, 1.82) is 0 Å². The molecule has 4 aromatic rings. The van der Waals surface area contributed by atoms with Crippen LogP contribution < -0.4 is 22.2 Å². The van der Waals surface area contributed by atoms with Crippen molar-refractivity contribution >= 4 is 28.6 Å². The molecule has 0 aliphatic carbocycles.